The number of nitrogens with zero attached hydrogens (tertiary/aromatic N) is 2. The highest BCUT2D eigenvalue weighted by molar-refractivity contribution is 5.97. The second kappa shape index (κ2) is 5.86. The summed E-state index contributed by atoms with van der Waals surface area (Å²) in [5.41, 5.74) is 4.33. The molecule has 146 valence electrons. The molecule has 3 aromatic rings. The maximum absolute atomic E-state index is 13.2. The number of H-pyrrole nitrogens is 1. The number of hydrogen-bond donors (Lipinski definition) is 1. The van der Waals surface area contributed by atoms with Crippen LogP contribution in [0.2, 0.25) is 0 Å². The number of carbonyl (C=O) groups is 2. The van der Waals surface area contributed by atoms with E-state index in [4.69, 9.17) is 4.74 Å². The molecule has 6 rings (SSSR count). The van der Waals surface area contributed by atoms with E-state index in [1.165, 1.54) is 0 Å². The summed E-state index contributed by atoms with van der Waals surface area (Å²) in [4.78, 5) is 33.2. The fraction of sp³-hybridized carbons (Fsp3) is 0.304. The molecule has 1 fully saturated rings. The maximum atomic E-state index is 13.2. The molecule has 1 saturated heterocycles. The Hall–Kier alpha value is -3.28. The lowest BCUT2D eigenvalue weighted by molar-refractivity contribution is -0.159. The first kappa shape index (κ1) is 16.7. The monoisotopic (exact) mass is 387 g/mol. The van der Waals surface area contributed by atoms with Crippen molar-refractivity contribution in [1.29, 1.82) is 0 Å². The third-order valence-electron chi connectivity index (χ3n) is 6.62. The molecule has 1 aromatic heterocycles. The number of carbonyl (C=O) groups excluding carboxylic acids is 2. The highest BCUT2D eigenvalue weighted by atomic mass is 16.5. The minimum atomic E-state index is -0.467. The number of ether oxygens (including phenoxy) is 1. The van der Waals surface area contributed by atoms with Gasteiger partial charge in [0.15, 0.2) is 0 Å². The van der Waals surface area contributed by atoms with Crippen LogP contribution in [0.15, 0.2) is 48.5 Å². The number of fused-ring (bicyclic) bond motifs is 5. The van der Waals surface area contributed by atoms with Gasteiger partial charge in [0.25, 0.3) is 0 Å². The van der Waals surface area contributed by atoms with Gasteiger partial charge in [-0.3, -0.25) is 9.59 Å². The zero-order valence-corrected chi connectivity index (χ0v) is 16.1. The average molecular weight is 387 g/mol. The van der Waals surface area contributed by atoms with Crippen LogP contribution in [0, 0.1) is 0 Å². The summed E-state index contributed by atoms with van der Waals surface area (Å²) in [6.45, 7) is 0.621. The Morgan fingerprint density at radius 2 is 1.86 bits per heavy atom. The smallest absolute Gasteiger partial charge is 0.245 e. The van der Waals surface area contributed by atoms with Crippen molar-refractivity contribution in [2.45, 2.75) is 24.4 Å². The predicted molar refractivity (Wildman–Crippen MR) is 108 cm³/mol. The van der Waals surface area contributed by atoms with Gasteiger partial charge in [0.1, 0.15) is 11.8 Å². The Morgan fingerprint density at radius 1 is 1.07 bits per heavy atom. The summed E-state index contributed by atoms with van der Waals surface area (Å²) in [7, 11) is 1.71. The first-order chi connectivity index (χ1) is 14.1. The number of likely N-dealkylation sites (N-methyl/N-ethyl adjacent to an activating group) is 1. The van der Waals surface area contributed by atoms with E-state index in [1.54, 1.807) is 11.9 Å². The molecule has 0 spiro atoms. The van der Waals surface area contributed by atoms with Gasteiger partial charge >= 0.3 is 0 Å². The van der Waals surface area contributed by atoms with Crippen LogP contribution in [-0.4, -0.2) is 52.8 Å². The molecule has 2 amide bonds. The largest absolute Gasteiger partial charge is 0.493 e. The van der Waals surface area contributed by atoms with Gasteiger partial charge in [0.2, 0.25) is 11.8 Å². The summed E-state index contributed by atoms with van der Waals surface area (Å²) in [5.74, 6) is 0.861. The van der Waals surface area contributed by atoms with Crippen molar-refractivity contribution >= 4 is 22.7 Å². The first-order valence-electron chi connectivity index (χ1n) is 10.0. The standard InChI is InChI=1S/C23H21N3O3/c1-25-11-20(27)26-18(23(25)28)10-15-13-6-2-4-8-17(13)24-21(15)22(26)16-12-29-19-9-5-3-7-14(16)19/h2-9,16,18,22,24H,10-12H2,1H3/t16?,18-,22+/m1/s1. The number of hydrogen-bond acceptors (Lipinski definition) is 3. The van der Waals surface area contributed by atoms with Crippen LogP contribution < -0.4 is 4.74 Å². The SMILES string of the molecule is CN1CC(=O)N2[C@H](Cc3c([nH]c4ccccc34)[C@@H]2C2COc3ccccc32)C1=O. The number of benzene rings is 2. The molecule has 3 aliphatic heterocycles. The summed E-state index contributed by atoms with van der Waals surface area (Å²) < 4.78 is 5.97. The zero-order valence-electron chi connectivity index (χ0n) is 16.1. The summed E-state index contributed by atoms with van der Waals surface area (Å²) >= 11 is 0. The molecule has 3 aliphatic rings. The van der Waals surface area contributed by atoms with Crippen LogP contribution >= 0.6 is 0 Å². The van der Waals surface area contributed by atoms with Crippen LogP contribution in [0.25, 0.3) is 10.9 Å². The third-order valence-corrected chi connectivity index (χ3v) is 6.62. The topological polar surface area (TPSA) is 65.6 Å². The Balaban J connectivity index is 1.58. The predicted octanol–water partition coefficient (Wildman–Crippen LogP) is 2.61. The van der Waals surface area contributed by atoms with Crippen molar-refractivity contribution in [3.05, 3.63) is 65.4 Å². The molecule has 1 unspecified atom stereocenters. The molecule has 6 heteroatoms. The van der Waals surface area contributed by atoms with Gasteiger partial charge in [0, 0.05) is 41.5 Å². The lowest BCUT2D eigenvalue weighted by Crippen LogP contribution is -2.62. The Labute approximate surface area is 168 Å². The molecule has 1 N–H and O–H groups in total. The lowest BCUT2D eigenvalue weighted by atomic mass is 9.81. The van der Waals surface area contributed by atoms with Crippen molar-refractivity contribution in [1.82, 2.24) is 14.8 Å². The van der Waals surface area contributed by atoms with Crippen LogP contribution in [-0.2, 0) is 16.0 Å². The Morgan fingerprint density at radius 3 is 2.76 bits per heavy atom. The number of aromatic nitrogens is 1. The van der Waals surface area contributed by atoms with E-state index in [0.717, 1.165) is 33.5 Å². The number of para-hydroxylation sites is 2. The average Bonchev–Trinajstić information content (AvgIpc) is 3.32. The van der Waals surface area contributed by atoms with Crippen molar-refractivity contribution in [3.63, 3.8) is 0 Å². The third kappa shape index (κ3) is 2.23. The van der Waals surface area contributed by atoms with Crippen molar-refractivity contribution in [3.8, 4) is 5.75 Å². The van der Waals surface area contributed by atoms with E-state index < -0.39 is 6.04 Å². The fourth-order valence-electron chi connectivity index (χ4n) is 5.31. The van der Waals surface area contributed by atoms with Gasteiger partial charge in [-0.1, -0.05) is 36.4 Å². The van der Waals surface area contributed by atoms with Crippen molar-refractivity contribution in [2.75, 3.05) is 20.2 Å². The maximum Gasteiger partial charge on any atom is 0.245 e. The molecular formula is C23H21N3O3. The van der Waals surface area contributed by atoms with Gasteiger partial charge in [-0.15, -0.1) is 0 Å². The number of aromatic amines is 1. The van der Waals surface area contributed by atoms with Gasteiger partial charge in [-0.2, -0.15) is 0 Å². The molecule has 29 heavy (non-hydrogen) atoms. The molecule has 0 bridgehead atoms. The van der Waals surface area contributed by atoms with Crippen LogP contribution in [0.4, 0.5) is 0 Å². The van der Waals surface area contributed by atoms with E-state index in [-0.39, 0.29) is 30.3 Å². The molecular weight excluding hydrogens is 366 g/mol. The Bertz CT molecular complexity index is 1170. The number of amides is 2. The highest BCUT2D eigenvalue weighted by Gasteiger charge is 2.50. The van der Waals surface area contributed by atoms with E-state index in [0.29, 0.717) is 13.0 Å². The minimum absolute atomic E-state index is 0.00390. The number of piperazine rings is 1. The quantitative estimate of drug-likeness (QED) is 0.698. The fourth-order valence-corrected chi connectivity index (χ4v) is 5.31. The van der Waals surface area contributed by atoms with E-state index in [9.17, 15) is 9.59 Å². The molecule has 3 atom stereocenters. The number of nitrogens with one attached hydrogen (secondary N) is 1. The molecule has 0 aliphatic carbocycles. The second-order valence-corrected chi connectivity index (χ2v) is 8.18. The van der Waals surface area contributed by atoms with E-state index in [2.05, 4.69) is 23.2 Å². The first-order valence-corrected chi connectivity index (χ1v) is 10.0. The van der Waals surface area contributed by atoms with Gasteiger partial charge in [-0.25, -0.2) is 0 Å². The lowest BCUT2D eigenvalue weighted by Gasteiger charge is -2.47. The molecule has 0 radical (unpaired) electrons. The van der Waals surface area contributed by atoms with E-state index >= 15 is 0 Å². The normalized spacial score (nSPS) is 25.6. The van der Waals surface area contributed by atoms with Gasteiger partial charge in [0.05, 0.1) is 19.2 Å². The van der Waals surface area contributed by atoms with Crippen molar-refractivity contribution < 1.29 is 14.3 Å². The van der Waals surface area contributed by atoms with E-state index in [1.807, 2.05) is 35.2 Å². The summed E-state index contributed by atoms with van der Waals surface area (Å²) in [5, 5.41) is 1.13. The molecule has 6 nitrogen and oxygen atoms in total. The molecule has 0 saturated carbocycles. The minimum Gasteiger partial charge on any atom is -0.493 e. The van der Waals surface area contributed by atoms with Crippen molar-refractivity contribution in [2.24, 2.45) is 0 Å². The zero-order chi connectivity index (χ0) is 19.7. The summed E-state index contributed by atoms with van der Waals surface area (Å²) in [6.07, 6.45) is 0.542. The Kier molecular flexibility index (Phi) is 3.37. The second-order valence-electron chi connectivity index (χ2n) is 8.18. The highest BCUT2D eigenvalue weighted by Crippen LogP contribution is 2.49. The van der Waals surface area contributed by atoms with Gasteiger partial charge in [-0.05, 0) is 17.7 Å². The van der Waals surface area contributed by atoms with Crippen LogP contribution in [0.1, 0.15) is 28.8 Å². The number of rotatable bonds is 1. The molecule has 4 heterocycles. The summed E-state index contributed by atoms with van der Waals surface area (Å²) in [6, 6.07) is 15.5. The molecule has 2 aromatic carbocycles. The van der Waals surface area contributed by atoms with Crippen LogP contribution in [0.5, 0.6) is 5.75 Å². The van der Waals surface area contributed by atoms with Crippen LogP contribution in [0.3, 0.4) is 0 Å². The van der Waals surface area contributed by atoms with Gasteiger partial charge < -0.3 is 19.5 Å².